The second-order valence-corrected chi connectivity index (χ2v) is 7.18. The van der Waals surface area contributed by atoms with Gasteiger partial charge >= 0.3 is 5.97 Å². The number of aliphatic carboxylic acids is 1. The number of halogens is 2. The van der Waals surface area contributed by atoms with Crippen LogP contribution in [-0.2, 0) is 16.0 Å². The quantitative estimate of drug-likeness (QED) is 0.499. The molecule has 0 aliphatic carbocycles. The third-order valence-corrected chi connectivity index (χ3v) is 4.92. The molecular formula is C18H15Cl2N3O5. The molecule has 28 heavy (non-hydrogen) atoms. The van der Waals surface area contributed by atoms with Crippen LogP contribution in [0.4, 0.5) is 11.4 Å². The third kappa shape index (κ3) is 4.35. The van der Waals surface area contributed by atoms with E-state index in [-0.39, 0.29) is 24.4 Å². The number of carbonyl (C=O) groups excluding carboxylic acids is 1. The van der Waals surface area contributed by atoms with Gasteiger partial charge in [-0.15, -0.1) is 0 Å². The molecule has 2 atom stereocenters. The first kappa shape index (κ1) is 19.9. The highest BCUT2D eigenvalue weighted by atomic mass is 35.5. The molecule has 2 aromatic rings. The molecule has 146 valence electrons. The van der Waals surface area contributed by atoms with E-state index in [1.165, 1.54) is 30.3 Å². The molecule has 8 nitrogen and oxygen atoms in total. The number of hydrogen-bond donors (Lipinski definition) is 3. The lowest BCUT2D eigenvalue weighted by molar-refractivity contribution is -0.384. The van der Waals surface area contributed by atoms with E-state index in [9.17, 15) is 24.8 Å². The van der Waals surface area contributed by atoms with Gasteiger partial charge in [-0.05, 0) is 17.7 Å². The minimum absolute atomic E-state index is 0.0137. The van der Waals surface area contributed by atoms with Gasteiger partial charge < -0.3 is 15.7 Å². The molecule has 1 aliphatic heterocycles. The van der Waals surface area contributed by atoms with E-state index in [0.29, 0.717) is 26.9 Å². The minimum Gasteiger partial charge on any atom is -0.480 e. The van der Waals surface area contributed by atoms with Crippen LogP contribution in [0, 0.1) is 10.1 Å². The van der Waals surface area contributed by atoms with E-state index < -0.39 is 23.0 Å². The van der Waals surface area contributed by atoms with Gasteiger partial charge in [-0.1, -0.05) is 35.3 Å². The summed E-state index contributed by atoms with van der Waals surface area (Å²) in [6, 6.07) is 7.21. The Hall–Kier alpha value is -2.84. The van der Waals surface area contributed by atoms with Crippen molar-refractivity contribution in [2.24, 2.45) is 0 Å². The fourth-order valence-electron chi connectivity index (χ4n) is 3.12. The maximum atomic E-state index is 12.5. The Kier molecular flexibility index (Phi) is 5.71. The fraction of sp³-hybridized carbons (Fsp3) is 0.222. The van der Waals surface area contributed by atoms with E-state index in [0.717, 1.165) is 0 Å². The van der Waals surface area contributed by atoms with Crippen molar-refractivity contribution in [3.05, 3.63) is 67.7 Å². The monoisotopic (exact) mass is 423 g/mol. The van der Waals surface area contributed by atoms with Crippen molar-refractivity contribution >= 4 is 46.5 Å². The molecule has 3 rings (SSSR count). The summed E-state index contributed by atoms with van der Waals surface area (Å²) >= 11 is 12.3. The lowest BCUT2D eigenvalue weighted by Gasteiger charge is -2.32. The molecule has 1 aliphatic rings. The summed E-state index contributed by atoms with van der Waals surface area (Å²) in [6.07, 6.45) is 0.0931. The van der Waals surface area contributed by atoms with Crippen molar-refractivity contribution in [2.75, 3.05) is 5.32 Å². The molecule has 3 N–H and O–H groups in total. The zero-order valence-corrected chi connectivity index (χ0v) is 15.8. The van der Waals surface area contributed by atoms with Crippen LogP contribution in [0.15, 0.2) is 36.4 Å². The van der Waals surface area contributed by atoms with Crippen molar-refractivity contribution in [3.63, 3.8) is 0 Å². The Balaban J connectivity index is 1.79. The summed E-state index contributed by atoms with van der Waals surface area (Å²) in [5, 5.41) is 26.4. The summed E-state index contributed by atoms with van der Waals surface area (Å²) in [6.45, 7) is 0. The van der Waals surface area contributed by atoms with E-state index >= 15 is 0 Å². The molecule has 0 fully saturated rings. The molecule has 0 saturated carbocycles. The topological polar surface area (TPSA) is 122 Å². The number of benzene rings is 2. The van der Waals surface area contributed by atoms with Crippen LogP contribution in [0.25, 0.3) is 0 Å². The molecule has 2 unspecified atom stereocenters. The second kappa shape index (κ2) is 8.04. The number of nitro benzene ring substituents is 1. The maximum Gasteiger partial charge on any atom is 0.326 e. The highest BCUT2D eigenvalue weighted by molar-refractivity contribution is 6.35. The molecule has 0 saturated heterocycles. The number of carboxylic acid groups (broad SMARTS) is 1. The van der Waals surface area contributed by atoms with Gasteiger partial charge in [0.15, 0.2) is 0 Å². The van der Waals surface area contributed by atoms with Gasteiger partial charge in [0.2, 0.25) is 5.91 Å². The van der Waals surface area contributed by atoms with E-state index in [1.807, 2.05) is 0 Å². The van der Waals surface area contributed by atoms with Crippen molar-refractivity contribution in [1.82, 2.24) is 5.32 Å². The second-order valence-electron chi connectivity index (χ2n) is 6.34. The van der Waals surface area contributed by atoms with Crippen LogP contribution in [0.3, 0.4) is 0 Å². The molecule has 0 bridgehead atoms. The highest BCUT2D eigenvalue weighted by Gasteiger charge is 2.33. The number of amides is 1. The van der Waals surface area contributed by atoms with Crippen LogP contribution in [0.2, 0.25) is 10.0 Å². The van der Waals surface area contributed by atoms with Crippen LogP contribution in [-0.4, -0.2) is 27.9 Å². The van der Waals surface area contributed by atoms with Crippen LogP contribution in [0.5, 0.6) is 0 Å². The third-order valence-electron chi connectivity index (χ3n) is 4.39. The average Bonchev–Trinajstić information content (AvgIpc) is 2.61. The van der Waals surface area contributed by atoms with E-state index in [1.54, 1.807) is 6.07 Å². The Morgan fingerprint density at radius 2 is 1.93 bits per heavy atom. The van der Waals surface area contributed by atoms with Crippen molar-refractivity contribution in [1.29, 1.82) is 0 Å². The SMILES string of the molecule is O=C(Cc1ccc([N+](=O)[O-])cc1)NC1CC(C(=O)O)Nc2cc(Cl)cc(Cl)c21. The molecule has 2 aromatic carbocycles. The first-order valence-corrected chi connectivity index (χ1v) is 9.01. The molecule has 0 spiro atoms. The number of non-ortho nitro benzene ring substituents is 1. The molecule has 1 heterocycles. The Morgan fingerprint density at radius 3 is 2.54 bits per heavy atom. The predicted octanol–water partition coefficient (Wildman–Crippen LogP) is 3.57. The lowest BCUT2D eigenvalue weighted by Crippen LogP contribution is -2.41. The number of carbonyl (C=O) groups is 2. The smallest absolute Gasteiger partial charge is 0.326 e. The number of hydrogen-bond acceptors (Lipinski definition) is 5. The van der Waals surface area contributed by atoms with E-state index in [4.69, 9.17) is 23.2 Å². The first-order valence-electron chi connectivity index (χ1n) is 8.25. The highest BCUT2D eigenvalue weighted by Crippen LogP contribution is 2.39. The largest absolute Gasteiger partial charge is 0.480 e. The number of nitrogens with zero attached hydrogens (tertiary/aromatic N) is 1. The average molecular weight is 424 g/mol. The van der Waals surface area contributed by atoms with Gasteiger partial charge in [0.05, 0.1) is 17.4 Å². The molecule has 10 heteroatoms. The molecular weight excluding hydrogens is 409 g/mol. The summed E-state index contributed by atoms with van der Waals surface area (Å²) in [4.78, 5) is 34.1. The Labute approximate surface area is 169 Å². The van der Waals surface area contributed by atoms with Gasteiger partial charge in [0.25, 0.3) is 5.69 Å². The van der Waals surface area contributed by atoms with Crippen LogP contribution in [0.1, 0.15) is 23.6 Å². The number of anilines is 1. The van der Waals surface area contributed by atoms with Gasteiger partial charge in [-0.3, -0.25) is 14.9 Å². The fourth-order valence-corrected chi connectivity index (χ4v) is 3.74. The van der Waals surface area contributed by atoms with Gasteiger partial charge in [0, 0.05) is 39.8 Å². The Morgan fingerprint density at radius 1 is 1.25 bits per heavy atom. The van der Waals surface area contributed by atoms with Crippen molar-refractivity contribution < 1.29 is 19.6 Å². The van der Waals surface area contributed by atoms with Crippen LogP contribution < -0.4 is 10.6 Å². The zero-order chi connectivity index (χ0) is 20.4. The molecule has 0 radical (unpaired) electrons. The van der Waals surface area contributed by atoms with Crippen molar-refractivity contribution in [2.45, 2.75) is 24.9 Å². The van der Waals surface area contributed by atoms with Crippen molar-refractivity contribution in [3.8, 4) is 0 Å². The minimum atomic E-state index is -1.06. The molecule has 0 aromatic heterocycles. The first-order chi connectivity index (χ1) is 13.2. The zero-order valence-electron chi connectivity index (χ0n) is 14.3. The number of nitro groups is 1. The summed E-state index contributed by atoms with van der Waals surface area (Å²) in [5.74, 6) is -1.42. The number of rotatable bonds is 5. The van der Waals surface area contributed by atoms with Crippen LogP contribution >= 0.6 is 23.2 Å². The summed E-state index contributed by atoms with van der Waals surface area (Å²) in [5.41, 5.74) is 1.55. The standard InChI is InChI=1S/C18H15Cl2N3O5/c19-10-6-12(20)17-13(7-10)21-15(18(25)26)8-14(17)22-16(24)5-9-1-3-11(4-2-9)23(27)28/h1-4,6-7,14-15,21H,5,8H2,(H,22,24)(H,25,26). The molecule has 1 amide bonds. The summed E-state index contributed by atoms with van der Waals surface area (Å²) in [7, 11) is 0. The van der Waals surface area contributed by atoms with E-state index in [2.05, 4.69) is 10.6 Å². The van der Waals surface area contributed by atoms with Gasteiger partial charge in [0.1, 0.15) is 6.04 Å². The predicted molar refractivity (Wildman–Crippen MR) is 104 cm³/mol. The maximum absolute atomic E-state index is 12.5. The number of fused-ring (bicyclic) bond motifs is 1. The van der Waals surface area contributed by atoms with Gasteiger partial charge in [-0.2, -0.15) is 0 Å². The summed E-state index contributed by atoms with van der Waals surface area (Å²) < 4.78 is 0. The lowest BCUT2D eigenvalue weighted by atomic mass is 9.92. The number of nitrogens with one attached hydrogen (secondary N) is 2. The van der Waals surface area contributed by atoms with Gasteiger partial charge in [-0.25, -0.2) is 4.79 Å². The number of carboxylic acids is 1. The Bertz CT molecular complexity index is 949. The normalized spacial score (nSPS) is 17.9.